The molecule has 1 fully saturated rings. The van der Waals surface area contributed by atoms with Crippen molar-refractivity contribution in [3.63, 3.8) is 0 Å². The summed E-state index contributed by atoms with van der Waals surface area (Å²) < 4.78 is 5.67. The summed E-state index contributed by atoms with van der Waals surface area (Å²) in [5, 5.41) is 0. The second kappa shape index (κ2) is 6.92. The van der Waals surface area contributed by atoms with Crippen molar-refractivity contribution in [2.45, 2.75) is 44.7 Å². The van der Waals surface area contributed by atoms with Gasteiger partial charge in [0.05, 0.1) is 6.61 Å². The van der Waals surface area contributed by atoms with Gasteiger partial charge in [-0.1, -0.05) is 31.0 Å². The van der Waals surface area contributed by atoms with Crippen molar-refractivity contribution in [3.05, 3.63) is 29.8 Å². The fourth-order valence-corrected chi connectivity index (χ4v) is 2.98. The molecule has 0 radical (unpaired) electrons. The number of likely N-dealkylation sites (N-methyl/N-ethyl adjacent to an activating group) is 1. The monoisotopic (exact) mass is 262 g/mol. The lowest BCUT2D eigenvalue weighted by Crippen LogP contribution is -2.35. The summed E-state index contributed by atoms with van der Waals surface area (Å²) in [7, 11) is 2.19. The van der Waals surface area contributed by atoms with Gasteiger partial charge >= 0.3 is 0 Å². The number of hydrogen-bond acceptors (Lipinski definition) is 3. The highest BCUT2D eigenvalue weighted by molar-refractivity contribution is 5.36. The van der Waals surface area contributed by atoms with E-state index in [0.717, 1.165) is 17.9 Å². The van der Waals surface area contributed by atoms with E-state index in [4.69, 9.17) is 10.5 Å². The van der Waals surface area contributed by atoms with Crippen molar-refractivity contribution in [2.24, 2.45) is 5.73 Å². The number of para-hydroxylation sites is 1. The largest absolute Gasteiger partial charge is 0.494 e. The smallest absolute Gasteiger partial charge is 0.124 e. The third-order valence-corrected chi connectivity index (χ3v) is 4.05. The maximum Gasteiger partial charge on any atom is 0.124 e. The molecule has 2 rings (SSSR count). The van der Waals surface area contributed by atoms with Crippen LogP contribution in [-0.2, 0) is 0 Å². The lowest BCUT2D eigenvalue weighted by Gasteiger charge is -2.27. The Kier molecular flexibility index (Phi) is 5.23. The molecule has 2 N–H and O–H groups in total. The van der Waals surface area contributed by atoms with E-state index in [1.54, 1.807) is 0 Å². The van der Waals surface area contributed by atoms with Crippen molar-refractivity contribution in [2.75, 3.05) is 20.2 Å². The highest BCUT2D eigenvalue weighted by Gasteiger charge is 2.22. The first kappa shape index (κ1) is 14.4. The molecule has 3 heteroatoms. The number of hydrogen-bond donors (Lipinski definition) is 1. The van der Waals surface area contributed by atoms with Crippen LogP contribution in [0.3, 0.4) is 0 Å². The molecule has 1 saturated carbocycles. The standard InChI is InChI=1S/C16H26N2O/c1-3-19-16-11-7-6-10-14(16)15(17)12-18(2)13-8-4-5-9-13/h6-7,10-11,13,15H,3-5,8-9,12,17H2,1-2H3. The van der Waals surface area contributed by atoms with Crippen LogP contribution in [0, 0.1) is 0 Å². The van der Waals surface area contributed by atoms with Crippen molar-refractivity contribution in [1.29, 1.82) is 0 Å². The van der Waals surface area contributed by atoms with Crippen molar-refractivity contribution < 1.29 is 4.74 Å². The van der Waals surface area contributed by atoms with E-state index in [-0.39, 0.29) is 6.04 Å². The quantitative estimate of drug-likeness (QED) is 0.856. The molecular formula is C16H26N2O. The van der Waals surface area contributed by atoms with Gasteiger partial charge in [0.25, 0.3) is 0 Å². The first-order chi connectivity index (χ1) is 9.22. The lowest BCUT2D eigenvalue weighted by molar-refractivity contribution is 0.229. The minimum absolute atomic E-state index is 0.0216. The zero-order chi connectivity index (χ0) is 13.7. The fraction of sp³-hybridized carbons (Fsp3) is 0.625. The van der Waals surface area contributed by atoms with Gasteiger partial charge in [-0.3, -0.25) is 0 Å². The van der Waals surface area contributed by atoms with Gasteiger partial charge in [-0.25, -0.2) is 0 Å². The average Bonchev–Trinajstić information content (AvgIpc) is 2.93. The summed E-state index contributed by atoms with van der Waals surface area (Å²) >= 11 is 0. The molecular weight excluding hydrogens is 236 g/mol. The second-order valence-corrected chi connectivity index (χ2v) is 5.46. The fourth-order valence-electron chi connectivity index (χ4n) is 2.98. The normalized spacial score (nSPS) is 17.9. The Hall–Kier alpha value is -1.06. The van der Waals surface area contributed by atoms with E-state index < -0.39 is 0 Å². The topological polar surface area (TPSA) is 38.5 Å². The van der Waals surface area contributed by atoms with Crippen LogP contribution in [-0.4, -0.2) is 31.1 Å². The molecule has 1 aliphatic rings. The van der Waals surface area contributed by atoms with Crippen LogP contribution < -0.4 is 10.5 Å². The third-order valence-electron chi connectivity index (χ3n) is 4.05. The van der Waals surface area contributed by atoms with Crippen LogP contribution >= 0.6 is 0 Å². The Bertz CT molecular complexity index is 388. The third kappa shape index (κ3) is 3.71. The van der Waals surface area contributed by atoms with Gasteiger partial charge in [0.15, 0.2) is 0 Å². The number of nitrogens with zero attached hydrogens (tertiary/aromatic N) is 1. The Labute approximate surface area is 116 Å². The van der Waals surface area contributed by atoms with Crippen LogP contribution in [0.5, 0.6) is 5.75 Å². The highest BCUT2D eigenvalue weighted by atomic mass is 16.5. The minimum Gasteiger partial charge on any atom is -0.494 e. The maximum absolute atomic E-state index is 6.37. The van der Waals surface area contributed by atoms with Crippen LogP contribution in [0.1, 0.15) is 44.2 Å². The van der Waals surface area contributed by atoms with E-state index >= 15 is 0 Å². The molecule has 0 spiro atoms. The average molecular weight is 262 g/mol. The summed E-state index contributed by atoms with van der Waals surface area (Å²) in [6, 6.07) is 8.86. The molecule has 0 aliphatic heterocycles. The SMILES string of the molecule is CCOc1ccccc1C(N)CN(C)C1CCCC1. The van der Waals surface area contributed by atoms with Crippen molar-refractivity contribution in [3.8, 4) is 5.75 Å². The van der Waals surface area contributed by atoms with Crippen molar-refractivity contribution >= 4 is 0 Å². The molecule has 1 atom stereocenters. The zero-order valence-electron chi connectivity index (χ0n) is 12.1. The maximum atomic E-state index is 6.37. The molecule has 1 aromatic carbocycles. The predicted molar refractivity (Wildman–Crippen MR) is 79.4 cm³/mol. The van der Waals surface area contributed by atoms with Crippen molar-refractivity contribution in [1.82, 2.24) is 4.90 Å². The van der Waals surface area contributed by atoms with Crippen LogP contribution in [0.2, 0.25) is 0 Å². The number of ether oxygens (including phenoxy) is 1. The lowest BCUT2D eigenvalue weighted by atomic mass is 10.1. The number of rotatable bonds is 6. The molecule has 1 unspecified atom stereocenters. The molecule has 0 bridgehead atoms. The summed E-state index contributed by atoms with van der Waals surface area (Å²) in [4.78, 5) is 2.42. The molecule has 1 aliphatic carbocycles. The zero-order valence-corrected chi connectivity index (χ0v) is 12.1. The molecule has 0 saturated heterocycles. The van der Waals surface area contributed by atoms with Gasteiger partial charge in [0.2, 0.25) is 0 Å². The van der Waals surface area contributed by atoms with Gasteiger partial charge in [-0.15, -0.1) is 0 Å². The Balaban J connectivity index is 2.00. The summed E-state index contributed by atoms with van der Waals surface area (Å²) in [6.45, 7) is 3.59. The molecule has 106 valence electrons. The van der Waals surface area contributed by atoms with E-state index in [9.17, 15) is 0 Å². The molecule has 19 heavy (non-hydrogen) atoms. The molecule has 3 nitrogen and oxygen atoms in total. The molecule has 0 amide bonds. The van der Waals surface area contributed by atoms with E-state index in [1.165, 1.54) is 25.7 Å². The van der Waals surface area contributed by atoms with E-state index in [2.05, 4.69) is 18.0 Å². The van der Waals surface area contributed by atoms with Gasteiger partial charge < -0.3 is 15.4 Å². The first-order valence-corrected chi connectivity index (χ1v) is 7.40. The van der Waals surface area contributed by atoms with Gasteiger partial charge in [0, 0.05) is 24.2 Å². The Morgan fingerprint density at radius 1 is 1.32 bits per heavy atom. The minimum atomic E-state index is 0.0216. The van der Waals surface area contributed by atoms with E-state index in [1.807, 2.05) is 25.1 Å². The Morgan fingerprint density at radius 3 is 2.68 bits per heavy atom. The number of benzene rings is 1. The summed E-state index contributed by atoms with van der Waals surface area (Å²) in [5.41, 5.74) is 7.49. The molecule has 1 aromatic rings. The van der Waals surface area contributed by atoms with Gasteiger partial charge in [0.1, 0.15) is 5.75 Å². The number of nitrogens with two attached hydrogens (primary N) is 1. The van der Waals surface area contributed by atoms with Crippen LogP contribution in [0.15, 0.2) is 24.3 Å². The van der Waals surface area contributed by atoms with Crippen LogP contribution in [0.25, 0.3) is 0 Å². The van der Waals surface area contributed by atoms with Crippen LogP contribution in [0.4, 0.5) is 0 Å². The Morgan fingerprint density at radius 2 is 2.00 bits per heavy atom. The highest BCUT2D eigenvalue weighted by Crippen LogP contribution is 2.27. The summed E-state index contributed by atoms with van der Waals surface area (Å²) in [6.07, 6.45) is 5.35. The predicted octanol–water partition coefficient (Wildman–Crippen LogP) is 2.96. The first-order valence-electron chi connectivity index (χ1n) is 7.40. The molecule has 0 aromatic heterocycles. The van der Waals surface area contributed by atoms with Gasteiger partial charge in [-0.05, 0) is 32.9 Å². The van der Waals surface area contributed by atoms with E-state index in [0.29, 0.717) is 12.6 Å². The second-order valence-electron chi connectivity index (χ2n) is 5.46. The molecule has 0 heterocycles. The summed E-state index contributed by atoms with van der Waals surface area (Å²) in [5.74, 6) is 0.928. The van der Waals surface area contributed by atoms with Gasteiger partial charge in [-0.2, -0.15) is 0 Å².